The van der Waals surface area contributed by atoms with Crippen LogP contribution in [0.5, 0.6) is 0 Å². The fraction of sp³-hybridized carbons (Fsp3) is 0.176. The van der Waals surface area contributed by atoms with Crippen molar-refractivity contribution < 1.29 is 8.42 Å². The highest BCUT2D eigenvalue weighted by Gasteiger charge is 2.38. The first kappa shape index (κ1) is 13.9. The number of anilines is 2. The van der Waals surface area contributed by atoms with Crippen LogP contribution in [-0.4, -0.2) is 13.7 Å². The van der Waals surface area contributed by atoms with E-state index < -0.39 is 15.3 Å². The van der Waals surface area contributed by atoms with E-state index in [4.69, 9.17) is 0 Å². The Kier molecular flexibility index (Phi) is 3.55. The SMILES string of the molecule is C=CC[C@@H]1Cc2ccccc2N(c2ccccc2)S1(=O)=O. The zero-order valence-electron chi connectivity index (χ0n) is 11.6. The summed E-state index contributed by atoms with van der Waals surface area (Å²) < 4.78 is 27.4. The molecule has 0 unspecified atom stereocenters. The molecule has 0 N–H and O–H groups in total. The lowest BCUT2D eigenvalue weighted by Gasteiger charge is -2.35. The monoisotopic (exact) mass is 299 g/mol. The molecule has 3 nitrogen and oxygen atoms in total. The minimum atomic E-state index is -3.43. The summed E-state index contributed by atoms with van der Waals surface area (Å²) in [5, 5.41) is -0.454. The molecule has 108 valence electrons. The van der Waals surface area contributed by atoms with Gasteiger partial charge < -0.3 is 0 Å². The molecule has 0 radical (unpaired) electrons. The number of fused-ring (bicyclic) bond motifs is 1. The minimum Gasteiger partial charge on any atom is -0.238 e. The van der Waals surface area contributed by atoms with Crippen molar-refractivity contribution in [3.8, 4) is 0 Å². The van der Waals surface area contributed by atoms with Gasteiger partial charge in [0.2, 0.25) is 10.0 Å². The molecule has 1 heterocycles. The molecule has 0 saturated carbocycles. The lowest BCUT2D eigenvalue weighted by molar-refractivity contribution is 0.574. The lowest BCUT2D eigenvalue weighted by atomic mass is 10.0. The van der Waals surface area contributed by atoms with Crippen LogP contribution in [0.1, 0.15) is 12.0 Å². The van der Waals surface area contributed by atoms with E-state index in [1.165, 1.54) is 4.31 Å². The Morgan fingerprint density at radius 3 is 2.48 bits per heavy atom. The fourth-order valence-electron chi connectivity index (χ4n) is 2.76. The van der Waals surface area contributed by atoms with E-state index in [1.807, 2.05) is 54.6 Å². The number of allylic oxidation sites excluding steroid dienone is 1. The van der Waals surface area contributed by atoms with Gasteiger partial charge in [0, 0.05) is 0 Å². The third-order valence-electron chi connectivity index (χ3n) is 3.75. The molecule has 0 fully saturated rings. The van der Waals surface area contributed by atoms with Crippen molar-refractivity contribution in [1.82, 2.24) is 0 Å². The molecule has 0 amide bonds. The fourth-order valence-corrected chi connectivity index (χ4v) is 4.69. The van der Waals surface area contributed by atoms with Gasteiger partial charge in [-0.25, -0.2) is 12.7 Å². The Morgan fingerprint density at radius 1 is 1.10 bits per heavy atom. The van der Waals surface area contributed by atoms with Crippen LogP contribution >= 0.6 is 0 Å². The van der Waals surface area contributed by atoms with Gasteiger partial charge in [0.1, 0.15) is 0 Å². The van der Waals surface area contributed by atoms with Crippen LogP contribution in [-0.2, 0) is 16.4 Å². The molecule has 2 aromatic rings. The summed E-state index contributed by atoms with van der Waals surface area (Å²) in [6.07, 6.45) is 2.67. The average molecular weight is 299 g/mol. The molecule has 0 saturated heterocycles. The molecule has 2 aromatic carbocycles. The first-order valence-corrected chi connectivity index (χ1v) is 8.43. The number of para-hydroxylation sites is 2. The molecule has 21 heavy (non-hydrogen) atoms. The molecular formula is C17H17NO2S. The predicted octanol–water partition coefficient (Wildman–Crippen LogP) is 3.66. The van der Waals surface area contributed by atoms with Gasteiger partial charge in [-0.3, -0.25) is 0 Å². The summed E-state index contributed by atoms with van der Waals surface area (Å²) in [5.74, 6) is 0. The highest BCUT2D eigenvalue weighted by molar-refractivity contribution is 7.93. The number of hydrogen-bond donors (Lipinski definition) is 0. The van der Waals surface area contributed by atoms with Crippen LogP contribution in [0.25, 0.3) is 0 Å². The molecule has 0 bridgehead atoms. The zero-order chi connectivity index (χ0) is 14.9. The van der Waals surface area contributed by atoms with Crippen molar-refractivity contribution in [2.45, 2.75) is 18.1 Å². The normalized spacial score (nSPS) is 19.8. The summed E-state index contributed by atoms with van der Waals surface area (Å²) in [6.45, 7) is 3.69. The van der Waals surface area contributed by atoms with Crippen molar-refractivity contribution in [1.29, 1.82) is 0 Å². The van der Waals surface area contributed by atoms with Crippen molar-refractivity contribution in [2.24, 2.45) is 0 Å². The Bertz CT molecular complexity index is 753. The van der Waals surface area contributed by atoms with E-state index in [-0.39, 0.29) is 0 Å². The number of benzene rings is 2. The van der Waals surface area contributed by atoms with Crippen LogP contribution < -0.4 is 4.31 Å². The smallest absolute Gasteiger partial charge is 0.238 e. The van der Waals surface area contributed by atoms with Gasteiger partial charge in [-0.05, 0) is 36.6 Å². The van der Waals surface area contributed by atoms with Gasteiger partial charge in [-0.1, -0.05) is 42.5 Å². The predicted molar refractivity (Wildman–Crippen MR) is 86.2 cm³/mol. The topological polar surface area (TPSA) is 37.4 Å². The highest BCUT2D eigenvalue weighted by atomic mass is 32.2. The van der Waals surface area contributed by atoms with Gasteiger partial charge in [0.15, 0.2) is 0 Å². The molecule has 0 aromatic heterocycles. The first-order chi connectivity index (χ1) is 10.1. The third-order valence-corrected chi connectivity index (χ3v) is 5.87. The number of rotatable bonds is 3. The molecule has 1 aliphatic rings. The summed E-state index contributed by atoms with van der Waals surface area (Å²) in [6, 6.07) is 16.9. The lowest BCUT2D eigenvalue weighted by Crippen LogP contribution is -2.41. The average Bonchev–Trinajstić information content (AvgIpc) is 2.49. The molecular weight excluding hydrogens is 282 g/mol. The molecule has 1 atom stereocenters. The van der Waals surface area contributed by atoms with Gasteiger partial charge in [0.05, 0.1) is 16.6 Å². The molecule has 1 aliphatic heterocycles. The van der Waals surface area contributed by atoms with Crippen molar-refractivity contribution in [2.75, 3.05) is 4.31 Å². The Hall–Kier alpha value is -2.07. The third kappa shape index (κ3) is 2.36. The van der Waals surface area contributed by atoms with Crippen molar-refractivity contribution in [3.63, 3.8) is 0 Å². The van der Waals surface area contributed by atoms with Crippen molar-refractivity contribution in [3.05, 3.63) is 72.8 Å². The first-order valence-electron chi connectivity index (χ1n) is 6.92. The van der Waals surface area contributed by atoms with Crippen molar-refractivity contribution >= 4 is 21.4 Å². The maximum absolute atomic E-state index is 12.9. The van der Waals surface area contributed by atoms with Gasteiger partial charge in [-0.2, -0.15) is 0 Å². The summed E-state index contributed by atoms with van der Waals surface area (Å²) in [5.41, 5.74) is 2.49. The van der Waals surface area contributed by atoms with E-state index in [0.717, 1.165) is 11.3 Å². The Labute approximate surface area is 125 Å². The van der Waals surface area contributed by atoms with Crippen LogP contribution in [0.15, 0.2) is 67.3 Å². The molecule has 0 aliphatic carbocycles. The summed E-state index contributed by atoms with van der Waals surface area (Å²) >= 11 is 0. The van der Waals surface area contributed by atoms with Crippen LogP contribution in [0, 0.1) is 0 Å². The highest BCUT2D eigenvalue weighted by Crippen LogP contribution is 2.39. The number of nitrogens with zero attached hydrogens (tertiary/aromatic N) is 1. The summed E-state index contributed by atoms with van der Waals surface area (Å²) in [7, 11) is -3.43. The number of sulfonamides is 1. The number of hydrogen-bond acceptors (Lipinski definition) is 2. The van der Waals surface area contributed by atoms with Gasteiger partial charge in [0.25, 0.3) is 0 Å². The van der Waals surface area contributed by atoms with Gasteiger partial charge in [-0.15, -0.1) is 6.58 Å². The maximum atomic E-state index is 12.9. The Morgan fingerprint density at radius 2 is 1.76 bits per heavy atom. The van der Waals surface area contributed by atoms with E-state index in [9.17, 15) is 8.42 Å². The standard InChI is InChI=1S/C17H17NO2S/c1-2-8-16-13-14-9-6-7-12-17(14)18(21(16,19)20)15-10-4-3-5-11-15/h2-7,9-12,16H,1,8,13H2/t16-/m1/s1. The second-order valence-electron chi connectivity index (χ2n) is 5.12. The minimum absolute atomic E-state index is 0.454. The summed E-state index contributed by atoms with van der Waals surface area (Å²) in [4.78, 5) is 0. The van der Waals surface area contributed by atoms with E-state index in [1.54, 1.807) is 6.08 Å². The Balaban J connectivity index is 2.21. The second kappa shape index (κ2) is 5.37. The zero-order valence-corrected chi connectivity index (χ0v) is 12.5. The quantitative estimate of drug-likeness (QED) is 0.811. The second-order valence-corrected chi connectivity index (χ2v) is 7.19. The van der Waals surface area contributed by atoms with Crippen LogP contribution in [0.2, 0.25) is 0 Å². The van der Waals surface area contributed by atoms with E-state index in [2.05, 4.69) is 6.58 Å². The largest absolute Gasteiger partial charge is 0.243 e. The van der Waals surface area contributed by atoms with E-state index >= 15 is 0 Å². The maximum Gasteiger partial charge on any atom is 0.243 e. The molecule has 0 spiro atoms. The molecule has 4 heteroatoms. The molecule has 3 rings (SSSR count). The van der Waals surface area contributed by atoms with E-state index in [0.29, 0.717) is 18.5 Å². The van der Waals surface area contributed by atoms with Gasteiger partial charge >= 0.3 is 0 Å². The van der Waals surface area contributed by atoms with Crippen LogP contribution in [0.3, 0.4) is 0 Å². The van der Waals surface area contributed by atoms with Crippen LogP contribution in [0.4, 0.5) is 11.4 Å².